The second kappa shape index (κ2) is 4.78. The van der Waals surface area contributed by atoms with E-state index >= 15 is 0 Å². The molecule has 1 aliphatic carbocycles. The Labute approximate surface area is 113 Å². The number of anilines is 1. The van der Waals surface area contributed by atoms with Crippen molar-refractivity contribution in [2.75, 3.05) is 11.5 Å². The van der Waals surface area contributed by atoms with Crippen LogP contribution in [0.15, 0.2) is 47.4 Å². The van der Waals surface area contributed by atoms with E-state index in [4.69, 9.17) is 5.73 Å². The van der Waals surface area contributed by atoms with Crippen molar-refractivity contribution in [1.82, 2.24) is 0 Å². The molecule has 2 aromatic rings. The number of halogens is 1. The first-order valence-corrected chi connectivity index (χ1v) is 7.48. The Morgan fingerprint density at radius 3 is 2.79 bits per heavy atom. The van der Waals surface area contributed by atoms with Crippen LogP contribution in [-0.4, -0.2) is 9.96 Å². The molecule has 1 aliphatic rings. The van der Waals surface area contributed by atoms with Gasteiger partial charge in [0.1, 0.15) is 5.82 Å². The summed E-state index contributed by atoms with van der Waals surface area (Å²) in [5.41, 5.74) is 8.11. The van der Waals surface area contributed by atoms with Crippen LogP contribution in [0.4, 0.5) is 10.1 Å². The molecule has 0 bridgehead atoms. The fourth-order valence-electron chi connectivity index (χ4n) is 2.44. The van der Waals surface area contributed by atoms with Gasteiger partial charge in [0.2, 0.25) is 0 Å². The molecule has 0 saturated heterocycles. The van der Waals surface area contributed by atoms with Crippen LogP contribution in [-0.2, 0) is 17.2 Å². The van der Waals surface area contributed by atoms with Gasteiger partial charge in [-0.05, 0) is 35.7 Å². The highest BCUT2D eigenvalue weighted by atomic mass is 32.2. The molecule has 0 saturated carbocycles. The molecule has 0 heterocycles. The highest BCUT2D eigenvalue weighted by Crippen LogP contribution is 2.36. The smallest absolute Gasteiger partial charge is 0.147 e. The van der Waals surface area contributed by atoms with Crippen LogP contribution in [0.2, 0.25) is 0 Å². The van der Waals surface area contributed by atoms with Crippen molar-refractivity contribution in [2.45, 2.75) is 17.2 Å². The van der Waals surface area contributed by atoms with E-state index in [2.05, 4.69) is 12.1 Å². The van der Waals surface area contributed by atoms with Crippen molar-refractivity contribution < 1.29 is 8.60 Å². The van der Waals surface area contributed by atoms with Gasteiger partial charge in [0.15, 0.2) is 0 Å². The van der Waals surface area contributed by atoms with E-state index in [0.717, 1.165) is 6.42 Å². The summed E-state index contributed by atoms with van der Waals surface area (Å²) in [6.07, 6.45) is 0.958. The number of fused-ring (bicyclic) bond motifs is 1. The molecule has 98 valence electrons. The van der Waals surface area contributed by atoms with Gasteiger partial charge in [0.25, 0.3) is 0 Å². The minimum Gasteiger partial charge on any atom is -0.396 e. The average Bonchev–Trinajstić information content (AvgIpc) is 2.39. The third kappa shape index (κ3) is 2.28. The Hall–Kier alpha value is -1.68. The number of rotatable bonds is 3. The van der Waals surface area contributed by atoms with Crippen molar-refractivity contribution >= 4 is 16.5 Å². The van der Waals surface area contributed by atoms with E-state index in [0.29, 0.717) is 16.6 Å². The van der Waals surface area contributed by atoms with E-state index in [9.17, 15) is 8.60 Å². The van der Waals surface area contributed by atoms with E-state index < -0.39 is 16.6 Å². The lowest BCUT2D eigenvalue weighted by atomic mass is 9.79. The summed E-state index contributed by atoms with van der Waals surface area (Å²) in [5.74, 6) is 0.359. The number of nitrogen functional groups attached to an aromatic ring is 1. The van der Waals surface area contributed by atoms with Gasteiger partial charge in [-0.3, -0.25) is 4.21 Å². The van der Waals surface area contributed by atoms with Crippen LogP contribution < -0.4 is 5.73 Å². The number of nitrogens with two attached hydrogens (primary N) is 1. The van der Waals surface area contributed by atoms with Gasteiger partial charge in [-0.25, -0.2) is 4.39 Å². The molecular formula is C15H14FNOS. The molecule has 0 amide bonds. The Morgan fingerprint density at radius 1 is 1.26 bits per heavy atom. The zero-order chi connectivity index (χ0) is 13.4. The molecule has 0 aromatic heterocycles. The summed E-state index contributed by atoms with van der Waals surface area (Å²) >= 11 is 0. The molecule has 0 radical (unpaired) electrons. The van der Waals surface area contributed by atoms with Crippen molar-refractivity contribution in [2.24, 2.45) is 0 Å². The fraction of sp³-hybridized carbons (Fsp3) is 0.200. The minimum absolute atomic E-state index is 0.0924. The van der Waals surface area contributed by atoms with Crippen LogP contribution >= 0.6 is 0 Å². The van der Waals surface area contributed by atoms with E-state index in [1.165, 1.54) is 23.3 Å². The number of hydrogen-bond acceptors (Lipinski definition) is 2. The molecule has 0 spiro atoms. The first-order valence-electron chi connectivity index (χ1n) is 6.16. The molecule has 2 atom stereocenters. The summed E-state index contributed by atoms with van der Waals surface area (Å²) in [4.78, 5) is 0.510. The normalized spacial score (nSPS) is 18.5. The maximum Gasteiger partial charge on any atom is 0.147 e. The fourth-order valence-corrected chi connectivity index (χ4v) is 3.75. The van der Waals surface area contributed by atoms with Crippen LogP contribution in [0.3, 0.4) is 0 Å². The molecule has 0 aliphatic heterocycles. The first-order chi connectivity index (χ1) is 9.15. The van der Waals surface area contributed by atoms with Crippen molar-refractivity contribution in [3.05, 3.63) is 59.4 Å². The third-order valence-corrected chi connectivity index (χ3v) is 5.03. The lowest BCUT2D eigenvalue weighted by molar-refractivity contribution is 0.624. The maximum absolute atomic E-state index is 13.4. The summed E-state index contributed by atoms with van der Waals surface area (Å²) < 4.78 is 25.6. The Morgan fingerprint density at radius 2 is 2.05 bits per heavy atom. The Bertz CT molecular complexity index is 656. The van der Waals surface area contributed by atoms with E-state index in [1.54, 1.807) is 6.07 Å². The monoisotopic (exact) mass is 275 g/mol. The van der Waals surface area contributed by atoms with Gasteiger partial charge in [0.05, 0.1) is 16.5 Å². The summed E-state index contributed by atoms with van der Waals surface area (Å²) in [5, 5.41) is 0. The zero-order valence-corrected chi connectivity index (χ0v) is 11.1. The van der Waals surface area contributed by atoms with Gasteiger partial charge in [-0.1, -0.05) is 24.3 Å². The number of hydrogen-bond donors (Lipinski definition) is 1. The highest BCUT2D eigenvalue weighted by Gasteiger charge is 2.27. The largest absolute Gasteiger partial charge is 0.396 e. The summed E-state index contributed by atoms with van der Waals surface area (Å²) in [6, 6.07) is 12.6. The van der Waals surface area contributed by atoms with Crippen LogP contribution in [0.5, 0.6) is 0 Å². The third-order valence-electron chi connectivity index (χ3n) is 3.55. The molecule has 4 heteroatoms. The molecule has 2 unspecified atom stereocenters. The lowest BCUT2D eigenvalue weighted by Crippen LogP contribution is -2.22. The Balaban J connectivity index is 1.75. The van der Waals surface area contributed by atoms with Gasteiger partial charge in [-0.2, -0.15) is 0 Å². The molecular weight excluding hydrogens is 261 g/mol. The molecule has 2 N–H and O–H groups in total. The van der Waals surface area contributed by atoms with Gasteiger partial charge in [-0.15, -0.1) is 0 Å². The van der Waals surface area contributed by atoms with E-state index in [1.807, 2.05) is 12.1 Å². The van der Waals surface area contributed by atoms with Crippen molar-refractivity contribution in [3.8, 4) is 0 Å². The quantitative estimate of drug-likeness (QED) is 0.875. The van der Waals surface area contributed by atoms with Crippen LogP contribution in [0.25, 0.3) is 0 Å². The predicted molar refractivity (Wildman–Crippen MR) is 75.0 cm³/mol. The summed E-state index contributed by atoms with van der Waals surface area (Å²) in [7, 11) is -1.18. The Kier molecular flexibility index (Phi) is 3.11. The average molecular weight is 275 g/mol. The topological polar surface area (TPSA) is 43.1 Å². The standard InChI is InChI=1S/C15H14FNOS/c16-14-8-12(5-6-15(14)17)19(18)9-11-7-10-3-1-2-4-13(10)11/h1-6,8,11H,7,9,17H2. The summed E-state index contributed by atoms with van der Waals surface area (Å²) in [6.45, 7) is 0. The minimum atomic E-state index is -1.18. The predicted octanol–water partition coefficient (Wildman–Crippen LogP) is 2.86. The highest BCUT2D eigenvalue weighted by molar-refractivity contribution is 7.85. The lowest BCUT2D eigenvalue weighted by Gasteiger charge is -2.29. The first kappa shape index (κ1) is 12.4. The van der Waals surface area contributed by atoms with E-state index in [-0.39, 0.29) is 5.69 Å². The molecule has 3 rings (SSSR count). The van der Waals surface area contributed by atoms with Gasteiger partial charge < -0.3 is 5.73 Å². The second-order valence-electron chi connectivity index (χ2n) is 4.80. The molecule has 2 nitrogen and oxygen atoms in total. The van der Waals surface area contributed by atoms with Crippen LogP contribution in [0, 0.1) is 5.82 Å². The molecule has 2 aromatic carbocycles. The zero-order valence-electron chi connectivity index (χ0n) is 10.3. The molecule has 19 heavy (non-hydrogen) atoms. The van der Waals surface area contributed by atoms with Crippen molar-refractivity contribution in [1.29, 1.82) is 0 Å². The van der Waals surface area contributed by atoms with Gasteiger partial charge in [0, 0.05) is 16.6 Å². The van der Waals surface area contributed by atoms with Crippen LogP contribution in [0.1, 0.15) is 17.0 Å². The van der Waals surface area contributed by atoms with Gasteiger partial charge >= 0.3 is 0 Å². The number of benzene rings is 2. The van der Waals surface area contributed by atoms with Crippen molar-refractivity contribution in [3.63, 3.8) is 0 Å². The SMILES string of the molecule is Nc1ccc(S(=O)CC2Cc3ccccc32)cc1F. The maximum atomic E-state index is 13.4. The molecule has 0 fully saturated rings. The second-order valence-corrected chi connectivity index (χ2v) is 6.29.